The zero-order valence-electron chi connectivity index (χ0n) is 12.1. The van der Waals surface area contributed by atoms with E-state index in [2.05, 4.69) is 17.1 Å². The fourth-order valence-electron chi connectivity index (χ4n) is 2.74. The predicted octanol–water partition coefficient (Wildman–Crippen LogP) is 3.10. The Balaban J connectivity index is 1.68. The van der Waals surface area contributed by atoms with Crippen molar-refractivity contribution in [1.29, 1.82) is 0 Å². The molecular weight excluding hydrogens is 286 g/mol. The molecule has 2 aromatic rings. The van der Waals surface area contributed by atoms with Crippen molar-refractivity contribution in [2.45, 2.75) is 38.5 Å². The molecule has 0 N–H and O–H groups in total. The number of amides is 1. The molecule has 1 saturated heterocycles. The minimum atomic E-state index is -0.0256. The summed E-state index contributed by atoms with van der Waals surface area (Å²) in [6.45, 7) is 3.59. The number of rotatable bonds is 4. The van der Waals surface area contributed by atoms with Gasteiger partial charge in [-0.05, 0) is 19.3 Å². The average molecular weight is 305 g/mol. The molecule has 0 bridgehead atoms. The molecule has 0 saturated carbocycles. The number of nitrogens with zero attached hydrogens (tertiary/aromatic N) is 3. The third kappa shape index (κ3) is 3.15. The lowest BCUT2D eigenvalue weighted by Gasteiger charge is -2.31. The molecule has 6 heteroatoms. The first-order valence-electron chi connectivity index (χ1n) is 7.42. The number of aryl methyl sites for hydroxylation is 1. The first-order valence-corrected chi connectivity index (χ1v) is 8.30. The second kappa shape index (κ2) is 6.39. The maximum atomic E-state index is 12.5. The number of aromatic nitrogens is 2. The zero-order valence-corrected chi connectivity index (χ0v) is 12.9. The Labute approximate surface area is 128 Å². The van der Waals surface area contributed by atoms with E-state index in [0.29, 0.717) is 11.6 Å². The van der Waals surface area contributed by atoms with Crippen LogP contribution in [0.15, 0.2) is 22.2 Å². The summed E-state index contributed by atoms with van der Waals surface area (Å²) in [4.78, 5) is 18.8. The van der Waals surface area contributed by atoms with Crippen LogP contribution in [-0.2, 0) is 6.42 Å². The Morgan fingerprint density at radius 1 is 1.57 bits per heavy atom. The number of likely N-dealkylation sites (tertiary alicyclic amines) is 1. The summed E-state index contributed by atoms with van der Waals surface area (Å²) in [6, 6.07) is 1.78. The third-order valence-corrected chi connectivity index (χ3v) is 4.72. The molecule has 3 heterocycles. The second-order valence-corrected chi connectivity index (χ2v) is 6.32. The largest absolute Gasteiger partial charge is 0.361 e. The van der Waals surface area contributed by atoms with E-state index >= 15 is 0 Å². The molecule has 5 nitrogen and oxygen atoms in total. The number of piperidine rings is 1. The summed E-state index contributed by atoms with van der Waals surface area (Å²) in [5, 5.41) is 7.03. The average Bonchev–Trinajstić information content (AvgIpc) is 3.18. The Bertz CT molecular complexity index is 594. The smallest absolute Gasteiger partial charge is 0.276 e. The summed E-state index contributed by atoms with van der Waals surface area (Å²) >= 11 is 1.67. The fraction of sp³-hybridized carbons (Fsp3) is 0.533. The van der Waals surface area contributed by atoms with Crippen LogP contribution >= 0.6 is 11.3 Å². The van der Waals surface area contributed by atoms with Gasteiger partial charge in [0.05, 0.1) is 5.01 Å². The molecule has 1 amide bonds. The van der Waals surface area contributed by atoms with Crippen molar-refractivity contribution in [2.75, 3.05) is 13.1 Å². The van der Waals surface area contributed by atoms with Gasteiger partial charge in [0.15, 0.2) is 5.69 Å². The number of thiazole rings is 1. The molecule has 1 fully saturated rings. The summed E-state index contributed by atoms with van der Waals surface area (Å²) in [5.74, 6) is 1.11. The molecule has 0 unspecified atom stereocenters. The van der Waals surface area contributed by atoms with Gasteiger partial charge in [0.25, 0.3) is 5.91 Å². The van der Waals surface area contributed by atoms with Gasteiger partial charge < -0.3 is 9.42 Å². The van der Waals surface area contributed by atoms with Crippen LogP contribution in [0.3, 0.4) is 0 Å². The van der Waals surface area contributed by atoms with E-state index < -0.39 is 0 Å². The Hall–Kier alpha value is -1.69. The van der Waals surface area contributed by atoms with Gasteiger partial charge in [-0.3, -0.25) is 4.79 Å². The maximum Gasteiger partial charge on any atom is 0.276 e. The lowest BCUT2D eigenvalue weighted by Crippen LogP contribution is -2.39. The minimum absolute atomic E-state index is 0.0256. The van der Waals surface area contributed by atoms with Crippen molar-refractivity contribution in [1.82, 2.24) is 15.0 Å². The van der Waals surface area contributed by atoms with Gasteiger partial charge in [-0.2, -0.15) is 0 Å². The molecule has 1 aliphatic heterocycles. The Morgan fingerprint density at radius 2 is 2.48 bits per heavy atom. The van der Waals surface area contributed by atoms with Crippen LogP contribution in [0, 0.1) is 0 Å². The van der Waals surface area contributed by atoms with E-state index in [1.54, 1.807) is 17.4 Å². The normalized spacial score (nSPS) is 18.9. The lowest BCUT2D eigenvalue weighted by atomic mass is 9.98. The quantitative estimate of drug-likeness (QED) is 0.871. The van der Waals surface area contributed by atoms with Crippen molar-refractivity contribution >= 4 is 17.2 Å². The molecule has 0 aliphatic carbocycles. The van der Waals surface area contributed by atoms with E-state index in [1.807, 2.05) is 16.5 Å². The highest BCUT2D eigenvalue weighted by Gasteiger charge is 2.28. The highest BCUT2D eigenvalue weighted by Crippen LogP contribution is 2.28. The first-order chi connectivity index (χ1) is 10.3. The second-order valence-electron chi connectivity index (χ2n) is 5.39. The van der Waals surface area contributed by atoms with Gasteiger partial charge >= 0.3 is 0 Å². The van der Waals surface area contributed by atoms with E-state index in [4.69, 9.17) is 4.52 Å². The molecule has 0 aromatic carbocycles. The standard InChI is InChI=1S/C15H19N3O2S/c1-2-4-12-9-13(17-20-12)15(19)18-7-3-5-11(10-18)14-16-6-8-21-14/h6,8-9,11H,2-5,7,10H2,1H3/t11-/m0/s1. The van der Waals surface area contributed by atoms with Crippen LogP contribution in [0.25, 0.3) is 0 Å². The SMILES string of the molecule is CCCc1cc(C(=O)N2CCC[C@H](c3nccs3)C2)no1. The van der Waals surface area contributed by atoms with Crippen LogP contribution in [0.4, 0.5) is 0 Å². The third-order valence-electron chi connectivity index (χ3n) is 3.78. The van der Waals surface area contributed by atoms with E-state index in [-0.39, 0.29) is 5.91 Å². The Kier molecular flexibility index (Phi) is 4.34. The molecular formula is C15H19N3O2S. The maximum absolute atomic E-state index is 12.5. The summed E-state index contributed by atoms with van der Waals surface area (Å²) in [7, 11) is 0. The van der Waals surface area contributed by atoms with E-state index in [9.17, 15) is 4.79 Å². The summed E-state index contributed by atoms with van der Waals surface area (Å²) < 4.78 is 5.21. The first kappa shape index (κ1) is 14.3. The molecule has 2 aromatic heterocycles. The molecule has 1 atom stereocenters. The number of hydrogen-bond acceptors (Lipinski definition) is 5. The molecule has 0 spiro atoms. The molecule has 21 heavy (non-hydrogen) atoms. The fourth-order valence-corrected chi connectivity index (χ4v) is 3.51. The highest BCUT2D eigenvalue weighted by atomic mass is 32.1. The lowest BCUT2D eigenvalue weighted by molar-refractivity contribution is 0.0696. The molecule has 1 aliphatic rings. The number of carbonyl (C=O) groups is 1. The topological polar surface area (TPSA) is 59.2 Å². The molecule has 0 radical (unpaired) electrons. The van der Waals surface area contributed by atoms with Crippen LogP contribution in [0.1, 0.15) is 53.4 Å². The zero-order chi connectivity index (χ0) is 14.7. The number of hydrogen-bond donors (Lipinski definition) is 0. The van der Waals surface area contributed by atoms with Crippen LogP contribution in [0.5, 0.6) is 0 Å². The van der Waals surface area contributed by atoms with Crippen molar-refractivity contribution in [2.24, 2.45) is 0 Å². The van der Waals surface area contributed by atoms with Gasteiger partial charge in [0.2, 0.25) is 0 Å². The number of carbonyl (C=O) groups excluding carboxylic acids is 1. The minimum Gasteiger partial charge on any atom is -0.361 e. The van der Waals surface area contributed by atoms with Gasteiger partial charge in [-0.15, -0.1) is 11.3 Å². The van der Waals surface area contributed by atoms with Crippen molar-refractivity contribution < 1.29 is 9.32 Å². The molecule has 112 valence electrons. The highest BCUT2D eigenvalue weighted by molar-refractivity contribution is 7.09. The monoisotopic (exact) mass is 305 g/mol. The summed E-state index contributed by atoms with van der Waals surface area (Å²) in [5.41, 5.74) is 0.429. The van der Waals surface area contributed by atoms with E-state index in [1.165, 1.54) is 0 Å². The van der Waals surface area contributed by atoms with Crippen molar-refractivity contribution in [3.05, 3.63) is 34.1 Å². The van der Waals surface area contributed by atoms with Gasteiger partial charge in [0, 0.05) is 43.1 Å². The Morgan fingerprint density at radius 3 is 3.24 bits per heavy atom. The van der Waals surface area contributed by atoms with Crippen LogP contribution < -0.4 is 0 Å². The van der Waals surface area contributed by atoms with Crippen molar-refractivity contribution in [3.63, 3.8) is 0 Å². The van der Waals surface area contributed by atoms with Crippen LogP contribution in [0.2, 0.25) is 0 Å². The predicted molar refractivity (Wildman–Crippen MR) is 80.5 cm³/mol. The summed E-state index contributed by atoms with van der Waals surface area (Å²) in [6.07, 6.45) is 5.74. The van der Waals surface area contributed by atoms with Gasteiger partial charge in [-0.1, -0.05) is 12.1 Å². The van der Waals surface area contributed by atoms with Crippen LogP contribution in [-0.4, -0.2) is 34.0 Å². The van der Waals surface area contributed by atoms with Gasteiger partial charge in [0.1, 0.15) is 5.76 Å². The van der Waals surface area contributed by atoms with Gasteiger partial charge in [-0.25, -0.2) is 4.98 Å². The van der Waals surface area contributed by atoms with Crippen molar-refractivity contribution in [3.8, 4) is 0 Å². The molecule has 3 rings (SSSR count). The van der Waals surface area contributed by atoms with E-state index in [0.717, 1.165) is 49.5 Å².